The molecule has 154 valence electrons. The predicted octanol–water partition coefficient (Wildman–Crippen LogP) is 4.04. The lowest BCUT2D eigenvalue weighted by atomic mass is 9.77. The first kappa shape index (κ1) is 24.9. The Hall–Kier alpha value is -1.14. The maximum absolute atomic E-state index is 13.2. The summed E-state index contributed by atoms with van der Waals surface area (Å²) >= 11 is 0. The van der Waals surface area contributed by atoms with Crippen LogP contribution in [0.15, 0.2) is 0 Å². The summed E-state index contributed by atoms with van der Waals surface area (Å²) in [6, 6.07) is 0. The molecule has 0 saturated carbocycles. The molecule has 0 bridgehead atoms. The molecule has 0 aliphatic rings. The summed E-state index contributed by atoms with van der Waals surface area (Å²) in [5.41, 5.74) is -3.11. The Kier molecular flexibility index (Phi) is 11.0. The highest BCUT2D eigenvalue weighted by Gasteiger charge is 2.64. The van der Waals surface area contributed by atoms with Crippen molar-refractivity contribution in [3.63, 3.8) is 0 Å². The molecule has 26 heavy (non-hydrogen) atoms. The zero-order chi connectivity index (χ0) is 20.4. The largest absolute Gasteiger partial charge is 0.460 e. The summed E-state index contributed by atoms with van der Waals surface area (Å²) in [5.74, 6) is -1.15. The molecule has 0 aliphatic heterocycles. The summed E-state index contributed by atoms with van der Waals surface area (Å²) in [4.78, 5) is 26.3. The fourth-order valence-corrected chi connectivity index (χ4v) is 2.96. The second-order valence-corrected chi connectivity index (χ2v) is 6.48. The van der Waals surface area contributed by atoms with Gasteiger partial charge >= 0.3 is 11.9 Å². The van der Waals surface area contributed by atoms with Crippen LogP contribution in [0.25, 0.3) is 0 Å². The van der Waals surface area contributed by atoms with Crippen LogP contribution >= 0.6 is 0 Å². The number of carbonyl (C=O) groups is 2. The van der Waals surface area contributed by atoms with E-state index < -0.39 is 23.1 Å². The molecule has 4 atom stereocenters. The lowest BCUT2D eigenvalue weighted by molar-refractivity contribution is -0.240. The Labute approximate surface area is 158 Å². The Morgan fingerprint density at radius 3 is 1.19 bits per heavy atom. The molecule has 0 N–H and O–H groups in total. The minimum absolute atomic E-state index is 0.236. The van der Waals surface area contributed by atoms with Crippen molar-refractivity contribution < 1.29 is 28.5 Å². The van der Waals surface area contributed by atoms with Gasteiger partial charge in [0, 0.05) is 13.2 Å². The van der Waals surface area contributed by atoms with Gasteiger partial charge < -0.3 is 18.9 Å². The lowest BCUT2D eigenvalue weighted by Gasteiger charge is -2.45. The average molecular weight is 375 g/mol. The molecule has 0 aromatic carbocycles. The quantitative estimate of drug-likeness (QED) is 0.453. The third-order valence-corrected chi connectivity index (χ3v) is 4.86. The second kappa shape index (κ2) is 11.5. The van der Waals surface area contributed by atoms with Crippen LogP contribution in [0.4, 0.5) is 0 Å². The van der Waals surface area contributed by atoms with Crippen LogP contribution in [0.3, 0.4) is 0 Å². The summed E-state index contributed by atoms with van der Waals surface area (Å²) in [5, 5.41) is 0. The van der Waals surface area contributed by atoms with Crippen LogP contribution in [-0.4, -0.2) is 48.6 Å². The highest BCUT2D eigenvalue weighted by molar-refractivity contribution is 5.93. The summed E-state index contributed by atoms with van der Waals surface area (Å²) in [6.07, 6.45) is 1.25. The Morgan fingerprint density at radius 2 is 1.00 bits per heavy atom. The first-order valence-electron chi connectivity index (χ1n) is 9.94. The van der Waals surface area contributed by atoms with Gasteiger partial charge in [-0.05, 0) is 53.4 Å². The monoisotopic (exact) mass is 374 g/mol. The fourth-order valence-electron chi connectivity index (χ4n) is 2.96. The van der Waals surface area contributed by atoms with Gasteiger partial charge in [-0.3, -0.25) is 0 Å². The van der Waals surface area contributed by atoms with Crippen LogP contribution in [0.2, 0.25) is 0 Å². The van der Waals surface area contributed by atoms with E-state index in [2.05, 4.69) is 0 Å². The molecule has 0 aliphatic carbocycles. The Bertz CT molecular complexity index is 398. The molecule has 0 fully saturated rings. The van der Waals surface area contributed by atoms with Gasteiger partial charge in [0.2, 0.25) is 11.2 Å². The third kappa shape index (κ3) is 5.19. The van der Waals surface area contributed by atoms with Crippen molar-refractivity contribution in [2.45, 2.75) is 104 Å². The molecule has 4 unspecified atom stereocenters. The van der Waals surface area contributed by atoms with E-state index in [4.69, 9.17) is 18.9 Å². The Balaban J connectivity index is 6.24. The van der Waals surface area contributed by atoms with Crippen molar-refractivity contribution in [3.8, 4) is 0 Å². The van der Waals surface area contributed by atoms with Crippen molar-refractivity contribution in [1.29, 1.82) is 0 Å². The molecule has 6 nitrogen and oxygen atoms in total. The van der Waals surface area contributed by atoms with Crippen molar-refractivity contribution in [2.75, 3.05) is 13.2 Å². The normalized spacial score (nSPS) is 18.3. The highest BCUT2D eigenvalue weighted by Crippen LogP contribution is 2.39. The van der Waals surface area contributed by atoms with Gasteiger partial charge in [-0.2, -0.15) is 0 Å². The molecule has 0 heterocycles. The molecule has 0 radical (unpaired) electrons. The zero-order valence-corrected chi connectivity index (χ0v) is 17.8. The standard InChI is InChI=1S/C20H38O6/c1-9-15(7)25-17(21)19(11-3,23-13-5)20(12-4,24-14-6)18(22)26-16(8)10-2/h15-16H,9-14H2,1-8H3. The first-order valence-corrected chi connectivity index (χ1v) is 9.94. The van der Waals surface area contributed by atoms with Gasteiger partial charge in [-0.25, -0.2) is 9.59 Å². The van der Waals surface area contributed by atoms with Crippen LogP contribution < -0.4 is 0 Å². The number of hydrogen-bond donors (Lipinski definition) is 0. The smallest absolute Gasteiger partial charge is 0.342 e. The molecule has 0 amide bonds. The van der Waals surface area contributed by atoms with E-state index in [1.165, 1.54) is 0 Å². The summed E-state index contributed by atoms with van der Waals surface area (Å²) < 4.78 is 23.0. The maximum atomic E-state index is 13.2. The number of ether oxygens (including phenoxy) is 4. The summed E-state index contributed by atoms with van der Waals surface area (Å²) in [7, 11) is 0. The number of hydrogen-bond acceptors (Lipinski definition) is 6. The van der Waals surface area contributed by atoms with Crippen LogP contribution in [0, 0.1) is 0 Å². The lowest BCUT2D eigenvalue weighted by Crippen LogP contribution is -2.67. The van der Waals surface area contributed by atoms with Gasteiger partial charge in [-0.15, -0.1) is 0 Å². The second-order valence-electron chi connectivity index (χ2n) is 6.48. The summed E-state index contributed by atoms with van der Waals surface area (Å²) in [6.45, 7) is 15.1. The maximum Gasteiger partial charge on any atom is 0.342 e. The zero-order valence-electron chi connectivity index (χ0n) is 17.8. The number of carbonyl (C=O) groups excluding carboxylic acids is 2. The number of esters is 2. The van der Waals surface area contributed by atoms with E-state index >= 15 is 0 Å². The van der Waals surface area contributed by atoms with E-state index in [-0.39, 0.29) is 38.3 Å². The molecule has 0 spiro atoms. The SMILES string of the molecule is CCOC(CC)(C(=O)OC(C)CC)C(CC)(OCC)C(=O)OC(C)CC. The molecule has 0 saturated heterocycles. The molecular formula is C20H38O6. The number of rotatable bonds is 13. The van der Waals surface area contributed by atoms with Gasteiger partial charge in [0.25, 0.3) is 0 Å². The molecule has 6 heteroatoms. The van der Waals surface area contributed by atoms with E-state index in [1.54, 1.807) is 27.7 Å². The van der Waals surface area contributed by atoms with Gasteiger partial charge in [0.05, 0.1) is 12.2 Å². The van der Waals surface area contributed by atoms with Gasteiger partial charge in [-0.1, -0.05) is 27.7 Å². The third-order valence-electron chi connectivity index (χ3n) is 4.86. The molecular weight excluding hydrogens is 336 g/mol. The average Bonchev–Trinajstić information content (AvgIpc) is 2.63. The molecule has 0 aromatic heterocycles. The minimum atomic E-state index is -1.56. The fraction of sp³-hybridized carbons (Fsp3) is 0.900. The van der Waals surface area contributed by atoms with Gasteiger partial charge in [0.15, 0.2) is 0 Å². The molecule has 0 rings (SSSR count). The van der Waals surface area contributed by atoms with E-state index in [9.17, 15) is 9.59 Å². The molecule has 0 aromatic rings. The highest BCUT2D eigenvalue weighted by atomic mass is 16.6. The predicted molar refractivity (Wildman–Crippen MR) is 101 cm³/mol. The van der Waals surface area contributed by atoms with Gasteiger partial charge in [0.1, 0.15) is 0 Å². The van der Waals surface area contributed by atoms with Crippen molar-refractivity contribution in [1.82, 2.24) is 0 Å². The van der Waals surface area contributed by atoms with Crippen LogP contribution in [-0.2, 0) is 28.5 Å². The van der Waals surface area contributed by atoms with Crippen LogP contribution in [0.5, 0.6) is 0 Å². The first-order chi connectivity index (χ1) is 12.2. The van der Waals surface area contributed by atoms with E-state index in [0.717, 1.165) is 0 Å². The van der Waals surface area contributed by atoms with Crippen molar-refractivity contribution >= 4 is 11.9 Å². The van der Waals surface area contributed by atoms with Crippen LogP contribution in [0.1, 0.15) is 81.1 Å². The van der Waals surface area contributed by atoms with E-state index in [1.807, 2.05) is 27.7 Å². The van der Waals surface area contributed by atoms with E-state index in [0.29, 0.717) is 12.8 Å². The topological polar surface area (TPSA) is 71.1 Å². The minimum Gasteiger partial charge on any atom is -0.460 e. The van der Waals surface area contributed by atoms with Crippen molar-refractivity contribution in [3.05, 3.63) is 0 Å². The Morgan fingerprint density at radius 1 is 0.692 bits per heavy atom. The van der Waals surface area contributed by atoms with Crippen molar-refractivity contribution in [2.24, 2.45) is 0 Å².